The molecule has 0 spiro atoms. The van der Waals surface area contributed by atoms with Gasteiger partial charge in [-0.15, -0.1) is 0 Å². The molecule has 0 aliphatic rings. The Balaban J connectivity index is 4.25. The summed E-state index contributed by atoms with van der Waals surface area (Å²) in [5.74, 6) is 0.286. The van der Waals surface area contributed by atoms with E-state index in [1.165, 1.54) is 0 Å². The van der Waals surface area contributed by atoms with E-state index in [9.17, 15) is 8.42 Å². The summed E-state index contributed by atoms with van der Waals surface area (Å²) in [6, 6.07) is -0.169. The second kappa shape index (κ2) is 7.16. The smallest absolute Gasteiger partial charge is 0.211 e. The molecule has 92 valence electrons. The van der Waals surface area contributed by atoms with E-state index in [0.717, 1.165) is 0 Å². The fourth-order valence-corrected chi connectivity index (χ4v) is 2.57. The van der Waals surface area contributed by atoms with E-state index < -0.39 is 10.0 Å². The molecule has 0 heterocycles. The molecule has 0 aliphatic heterocycles. The molecule has 15 heavy (non-hydrogen) atoms. The van der Waals surface area contributed by atoms with Crippen molar-refractivity contribution in [1.82, 2.24) is 4.72 Å². The minimum Gasteiger partial charge on any atom is -0.383 e. The van der Waals surface area contributed by atoms with Crippen LogP contribution in [-0.4, -0.2) is 40.5 Å². The molecular weight excluding hydrogens is 216 g/mol. The molecule has 0 saturated heterocycles. The van der Waals surface area contributed by atoms with Crippen molar-refractivity contribution in [2.24, 2.45) is 11.7 Å². The van der Waals surface area contributed by atoms with Crippen LogP contribution < -0.4 is 10.5 Å². The third-order valence-electron chi connectivity index (χ3n) is 2.10. The van der Waals surface area contributed by atoms with Gasteiger partial charge in [0.1, 0.15) is 0 Å². The number of rotatable bonds is 8. The Morgan fingerprint density at radius 3 is 2.40 bits per heavy atom. The predicted molar refractivity (Wildman–Crippen MR) is 61.1 cm³/mol. The van der Waals surface area contributed by atoms with Gasteiger partial charge in [0.05, 0.1) is 12.4 Å². The molecule has 0 aromatic heterocycles. The summed E-state index contributed by atoms with van der Waals surface area (Å²) in [6.45, 7) is 4.68. The number of nitrogens with two attached hydrogens (primary N) is 1. The minimum atomic E-state index is -3.22. The zero-order valence-corrected chi connectivity index (χ0v) is 10.5. The number of hydrogen-bond donors (Lipinski definition) is 2. The normalized spacial score (nSPS) is 14.5. The van der Waals surface area contributed by atoms with Gasteiger partial charge >= 0.3 is 0 Å². The number of nitrogens with one attached hydrogen (secondary N) is 1. The molecule has 0 saturated carbocycles. The Hall–Kier alpha value is -0.170. The quantitative estimate of drug-likeness (QED) is 0.620. The third-order valence-corrected chi connectivity index (χ3v) is 3.59. The molecule has 0 amide bonds. The maximum atomic E-state index is 11.6. The largest absolute Gasteiger partial charge is 0.383 e. The van der Waals surface area contributed by atoms with Crippen molar-refractivity contribution in [1.29, 1.82) is 0 Å². The first-order valence-corrected chi connectivity index (χ1v) is 6.77. The molecule has 3 N–H and O–H groups in total. The molecule has 1 atom stereocenters. The Kier molecular flexibility index (Phi) is 7.08. The summed E-state index contributed by atoms with van der Waals surface area (Å²) in [4.78, 5) is 0. The highest BCUT2D eigenvalue weighted by Crippen LogP contribution is 2.04. The van der Waals surface area contributed by atoms with Crippen molar-refractivity contribution in [2.45, 2.75) is 26.3 Å². The average molecular weight is 238 g/mol. The van der Waals surface area contributed by atoms with Gasteiger partial charge in [-0.25, -0.2) is 13.1 Å². The van der Waals surface area contributed by atoms with Crippen LogP contribution in [0.4, 0.5) is 0 Å². The lowest BCUT2D eigenvalue weighted by atomic mass is 10.1. The lowest BCUT2D eigenvalue weighted by molar-refractivity contribution is 0.157. The SMILES string of the molecule is COCC(NS(=O)(=O)CCCN)C(C)C. The summed E-state index contributed by atoms with van der Waals surface area (Å²) >= 11 is 0. The van der Waals surface area contributed by atoms with Gasteiger partial charge < -0.3 is 10.5 Å². The fourth-order valence-electron chi connectivity index (χ4n) is 1.11. The van der Waals surface area contributed by atoms with E-state index in [1.54, 1.807) is 7.11 Å². The van der Waals surface area contributed by atoms with Crippen LogP contribution in [0.3, 0.4) is 0 Å². The van der Waals surface area contributed by atoms with Crippen LogP contribution in [-0.2, 0) is 14.8 Å². The molecule has 0 bridgehead atoms. The van der Waals surface area contributed by atoms with Crippen molar-refractivity contribution >= 4 is 10.0 Å². The summed E-state index contributed by atoms with van der Waals surface area (Å²) in [6.07, 6.45) is 0.479. The Morgan fingerprint density at radius 2 is 2.00 bits per heavy atom. The molecule has 0 aromatic rings. The van der Waals surface area contributed by atoms with E-state index in [2.05, 4.69) is 4.72 Å². The average Bonchev–Trinajstić information content (AvgIpc) is 2.14. The van der Waals surface area contributed by atoms with Crippen LogP contribution in [0.25, 0.3) is 0 Å². The van der Waals surface area contributed by atoms with Crippen LogP contribution in [0.2, 0.25) is 0 Å². The molecule has 5 nitrogen and oxygen atoms in total. The first-order valence-electron chi connectivity index (χ1n) is 5.12. The van der Waals surface area contributed by atoms with Crippen LogP contribution in [0.5, 0.6) is 0 Å². The van der Waals surface area contributed by atoms with Gasteiger partial charge in [-0.3, -0.25) is 0 Å². The molecule has 0 aliphatic carbocycles. The van der Waals surface area contributed by atoms with E-state index >= 15 is 0 Å². The van der Waals surface area contributed by atoms with Crippen LogP contribution in [0, 0.1) is 5.92 Å². The topological polar surface area (TPSA) is 81.4 Å². The van der Waals surface area contributed by atoms with E-state index in [4.69, 9.17) is 10.5 Å². The highest BCUT2D eigenvalue weighted by atomic mass is 32.2. The fraction of sp³-hybridized carbons (Fsp3) is 1.00. The second-order valence-corrected chi connectivity index (χ2v) is 5.76. The van der Waals surface area contributed by atoms with E-state index in [1.807, 2.05) is 13.8 Å². The maximum absolute atomic E-state index is 11.6. The van der Waals surface area contributed by atoms with Gasteiger partial charge in [-0.1, -0.05) is 13.8 Å². The van der Waals surface area contributed by atoms with Crippen LogP contribution >= 0.6 is 0 Å². The summed E-state index contributed by atoms with van der Waals surface area (Å²) in [5.41, 5.74) is 5.27. The van der Waals surface area contributed by atoms with Gasteiger partial charge in [-0.2, -0.15) is 0 Å². The molecule has 6 heteroatoms. The second-order valence-electron chi connectivity index (χ2n) is 3.88. The highest BCUT2D eigenvalue weighted by molar-refractivity contribution is 7.89. The third kappa shape index (κ3) is 6.83. The van der Waals surface area contributed by atoms with E-state index in [0.29, 0.717) is 19.6 Å². The highest BCUT2D eigenvalue weighted by Gasteiger charge is 2.19. The zero-order valence-electron chi connectivity index (χ0n) is 9.69. The van der Waals surface area contributed by atoms with Crippen molar-refractivity contribution < 1.29 is 13.2 Å². The monoisotopic (exact) mass is 238 g/mol. The maximum Gasteiger partial charge on any atom is 0.211 e. The lowest BCUT2D eigenvalue weighted by Crippen LogP contribution is -2.42. The number of methoxy groups -OCH3 is 1. The molecule has 1 unspecified atom stereocenters. The predicted octanol–water partition coefficient (Wildman–Crippen LogP) is -0.0744. The molecule has 0 aromatic carbocycles. The first-order chi connectivity index (χ1) is 6.93. The van der Waals surface area contributed by atoms with Crippen LogP contribution in [0.15, 0.2) is 0 Å². The Bertz CT molecular complexity index is 252. The number of hydrogen-bond acceptors (Lipinski definition) is 4. The Morgan fingerprint density at radius 1 is 1.40 bits per heavy atom. The summed E-state index contributed by atoms with van der Waals surface area (Å²) < 4.78 is 30.7. The first kappa shape index (κ1) is 14.8. The van der Waals surface area contributed by atoms with Gasteiger partial charge in [0.2, 0.25) is 10.0 Å². The van der Waals surface area contributed by atoms with E-state index in [-0.39, 0.29) is 17.7 Å². The standard InChI is InChI=1S/C9H22N2O3S/c1-8(2)9(7-14-3)11-15(12,13)6-4-5-10/h8-9,11H,4-7,10H2,1-3H3. The van der Waals surface area contributed by atoms with Gasteiger partial charge in [0.15, 0.2) is 0 Å². The summed E-state index contributed by atoms with van der Waals surface area (Å²) in [7, 11) is -1.66. The number of ether oxygens (including phenoxy) is 1. The molecule has 0 radical (unpaired) electrons. The van der Waals surface area contributed by atoms with Crippen molar-refractivity contribution in [3.8, 4) is 0 Å². The van der Waals surface area contributed by atoms with Gasteiger partial charge in [0.25, 0.3) is 0 Å². The van der Waals surface area contributed by atoms with Crippen molar-refractivity contribution in [3.05, 3.63) is 0 Å². The number of sulfonamides is 1. The summed E-state index contributed by atoms with van der Waals surface area (Å²) in [5, 5.41) is 0. The zero-order chi connectivity index (χ0) is 11.9. The van der Waals surface area contributed by atoms with Crippen LogP contribution in [0.1, 0.15) is 20.3 Å². The van der Waals surface area contributed by atoms with Crippen molar-refractivity contribution in [2.75, 3.05) is 26.0 Å². The Labute approximate surface area is 92.4 Å². The lowest BCUT2D eigenvalue weighted by Gasteiger charge is -2.21. The molecule has 0 rings (SSSR count). The molecule has 0 fully saturated rings. The van der Waals surface area contributed by atoms with Gasteiger partial charge in [0, 0.05) is 13.2 Å². The van der Waals surface area contributed by atoms with Crippen molar-refractivity contribution in [3.63, 3.8) is 0 Å². The van der Waals surface area contributed by atoms with Gasteiger partial charge in [-0.05, 0) is 18.9 Å². The molecular formula is C9H22N2O3S. The minimum absolute atomic E-state index is 0.0798.